The highest BCUT2D eigenvalue weighted by molar-refractivity contribution is 7.71. The van der Waals surface area contributed by atoms with Gasteiger partial charge in [0, 0.05) is 6.04 Å². The van der Waals surface area contributed by atoms with Crippen molar-refractivity contribution in [1.29, 1.82) is 0 Å². The summed E-state index contributed by atoms with van der Waals surface area (Å²) in [7, 11) is 0. The van der Waals surface area contributed by atoms with Gasteiger partial charge in [-0.3, -0.25) is 0 Å². The van der Waals surface area contributed by atoms with Gasteiger partial charge in [-0.25, -0.2) is 0 Å². The average Bonchev–Trinajstić information content (AvgIpc) is 2.53. The molecule has 2 nitrogen and oxygen atoms in total. The van der Waals surface area contributed by atoms with Crippen LogP contribution in [0.1, 0.15) is 26.3 Å². The van der Waals surface area contributed by atoms with Crippen molar-refractivity contribution in [2.75, 3.05) is 0 Å². The van der Waals surface area contributed by atoms with Crippen molar-refractivity contribution in [3.8, 4) is 0 Å². The molecule has 1 aromatic heterocycles. The summed E-state index contributed by atoms with van der Waals surface area (Å²) in [4.78, 5) is 3.22. The van der Waals surface area contributed by atoms with Gasteiger partial charge in [-0.1, -0.05) is 19.1 Å². The van der Waals surface area contributed by atoms with Gasteiger partial charge < -0.3 is 9.55 Å². The Hall–Kier alpha value is -1.09. The first kappa shape index (κ1) is 9.46. The Balaban J connectivity index is 2.74. The van der Waals surface area contributed by atoms with Crippen LogP contribution in [0.25, 0.3) is 11.0 Å². The molecule has 1 unspecified atom stereocenters. The Labute approximate surface area is 88.6 Å². The molecule has 0 saturated carbocycles. The third-order valence-electron chi connectivity index (χ3n) is 2.66. The first-order valence-electron chi connectivity index (χ1n) is 4.93. The number of rotatable bonds is 2. The van der Waals surface area contributed by atoms with Crippen LogP contribution in [-0.4, -0.2) is 9.55 Å². The average molecular weight is 206 g/mol. The second-order valence-electron chi connectivity index (χ2n) is 3.57. The van der Waals surface area contributed by atoms with Crippen LogP contribution in [0, 0.1) is 4.77 Å². The zero-order valence-corrected chi connectivity index (χ0v) is 9.27. The largest absolute Gasteiger partial charge is 0.331 e. The summed E-state index contributed by atoms with van der Waals surface area (Å²) >= 11 is 5.30. The van der Waals surface area contributed by atoms with Crippen molar-refractivity contribution < 1.29 is 0 Å². The zero-order valence-electron chi connectivity index (χ0n) is 8.45. The van der Waals surface area contributed by atoms with E-state index in [0.29, 0.717) is 6.04 Å². The van der Waals surface area contributed by atoms with Crippen LogP contribution < -0.4 is 0 Å². The molecule has 0 fully saturated rings. The number of benzene rings is 1. The molecule has 74 valence electrons. The first-order valence-corrected chi connectivity index (χ1v) is 5.34. The summed E-state index contributed by atoms with van der Waals surface area (Å²) in [5.41, 5.74) is 2.32. The van der Waals surface area contributed by atoms with Crippen LogP contribution in [0.3, 0.4) is 0 Å². The number of nitrogens with one attached hydrogen (secondary N) is 1. The van der Waals surface area contributed by atoms with E-state index in [1.54, 1.807) is 0 Å². The maximum atomic E-state index is 5.30. The Morgan fingerprint density at radius 1 is 1.43 bits per heavy atom. The van der Waals surface area contributed by atoms with Crippen LogP contribution in [0.2, 0.25) is 0 Å². The summed E-state index contributed by atoms with van der Waals surface area (Å²) in [5.74, 6) is 0. The van der Waals surface area contributed by atoms with Crippen LogP contribution in [0.4, 0.5) is 0 Å². The van der Waals surface area contributed by atoms with Crippen LogP contribution in [0.5, 0.6) is 0 Å². The molecule has 0 amide bonds. The van der Waals surface area contributed by atoms with E-state index in [-0.39, 0.29) is 0 Å². The van der Waals surface area contributed by atoms with E-state index in [0.717, 1.165) is 16.7 Å². The van der Waals surface area contributed by atoms with E-state index in [2.05, 4.69) is 35.5 Å². The van der Waals surface area contributed by atoms with Gasteiger partial charge in [-0.15, -0.1) is 0 Å². The minimum Gasteiger partial charge on any atom is -0.331 e. The molecule has 1 N–H and O–H groups in total. The van der Waals surface area contributed by atoms with Crippen molar-refractivity contribution in [2.24, 2.45) is 0 Å². The number of imidazole rings is 1. The minimum absolute atomic E-state index is 0.457. The molecule has 0 saturated heterocycles. The highest BCUT2D eigenvalue weighted by atomic mass is 32.1. The minimum atomic E-state index is 0.457. The summed E-state index contributed by atoms with van der Waals surface area (Å²) in [5, 5.41) is 0. The maximum Gasteiger partial charge on any atom is 0.178 e. The molecule has 3 heteroatoms. The SMILES string of the molecule is CCC(C)n1c(=S)[nH]c2ccccc21. The van der Waals surface area contributed by atoms with Crippen molar-refractivity contribution in [2.45, 2.75) is 26.3 Å². The number of aromatic nitrogens is 2. The van der Waals surface area contributed by atoms with E-state index in [1.165, 1.54) is 5.52 Å². The van der Waals surface area contributed by atoms with Gasteiger partial charge in [0.15, 0.2) is 4.77 Å². The molecule has 0 bridgehead atoms. The van der Waals surface area contributed by atoms with E-state index in [1.807, 2.05) is 12.1 Å². The molecule has 2 aromatic rings. The Bertz CT molecular complexity index is 495. The second kappa shape index (κ2) is 3.58. The molecule has 0 radical (unpaired) electrons. The number of para-hydroxylation sites is 2. The number of aromatic amines is 1. The summed E-state index contributed by atoms with van der Waals surface area (Å²) in [6.07, 6.45) is 1.09. The fourth-order valence-electron chi connectivity index (χ4n) is 1.69. The van der Waals surface area contributed by atoms with Crippen molar-refractivity contribution in [3.63, 3.8) is 0 Å². The maximum absolute atomic E-state index is 5.30. The predicted octanol–water partition coefficient (Wildman–Crippen LogP) is 3.67. The third kappa shape index (κ3) is 1.38. The number of fused-ring (bicyclic) bond motifs is 1. The Morgan fingerprint density at radius 3 is 2.86 bits per heavy atom. The molecular formula is C11H14N2S. The molecule has 2 rings (SSSR count). The molecule has 0 aliphatic carbocycles. The van der Waals surface area contributed by atoms with Gasteiger partial charge >= 0.3 is 0 Å². The van der Waals surface area contributed by atoms with E-state index < -0.39 is 0 Å². The molecule has 14 heavy (non-hydrogen) atoms. The molecule has 0 spiro atoms. The van der Waals surface area contributed by atoms with Gasteiger partial charge in [0.1, 0.15) is 0 Å². The first-order chi connectivity index (χ1) is 6.74. The Morgan fingerprint density at radius 2 is 2.14 bits per heavy atom. The monoisotopic (exact) mass is 206 g/mol. The lowest BCUT2D eigenvalue weighted by atomic mass is 10.2. The molecule has 1 heterocycles. The van der Waals surface area contributed by atoms with Gasteiger partial charge in [0.25, 0.3) is 0 Å². The van der Waals surface area contributed by atoms with Crippen LogP contribution in [-0.2, 0) is 0 Å². The standard InChI is InChI=1S/C11H14N2S/c1-3-8(2)13-10-7-5-4-6-9(10)12-11(13)14/h4-8H,3H2,1-2H3,(H,12,14). The molecule has 1 aromatic carbocycles. The third-order valence-corrected chi connectivity index (χ3v) is 2.95. The fraction of sp³-hybridized carbons (Fsp3) is 0.364. The highest BCUT2D eigenvalue weighted by Gasteiger charge is 2.07. The van der Waals surface area contributed by atoms with E-state index in [9.17, 15) is 0 Å². The van der Waals surface area contributed by atoms with E-state index >= 15 is 0 Å². The summed E-state index contributed by atoms with van der Waals surface area (Å²) in [6, 6.07) is 8.69. The van der Waals surface area contributed by atoms with Gasteiger partial charge in [0.2, 0.25) is 0 Å². The lowest BCUT2D eigenvalue weighted by Crippen LogP contribution is -2.03. The number of H-pyrrole nitrogens is 1. The normalized spacial score (nSPS) is 13.3. The van der Waals surface area contributed by atoms with Crippen LogP contribution in [0.15, 0.2) is 24.3 Å². The van der Waals surface area contributed by atoms with Gasteiger partial charge in [-0.2, -0.15) is 0 Å². The van der Waals surface area contributed by atoms with Crippen LogP contribution >= 0.6 is 12.2 Å². The lowest BCUT2D eigenvalue weighted by molar-refractivity contribution is 0.539. The molecule has 1 atom stereocenters. The zero-order chi connectivity index (χ0) is 10.1. The topological polar surface area (TPSA) is 20.7 Å². The lowest BCUT2D eigenvalue weighted by Gasteiger charge is -2.11. The summed E-state index contributed by atoms with van der Waals surface area (Å²) in [6.45, 7) is 4.37. The highest BCUT2D eigenvalue weighted by Crippen LogP contribution is 2.20. The van der Waals surface area contributed by atoms with E-state index in [4.69, 9.17) is 12.2 Å². The molecule has 0 aliphatic rings. The number of nitrogens with zero attached hydrogens (tertiary/aromatic N) is 1. The smallest absolute Gasteiger partial charge is 0.178 e. The quantitative estimate of drug-likeness (QED) is 0.743. The number of hydrogen-bond donors (Lipinski definition) is 1. The van der Waals surface area contributed by atoms with Crippen molar-refractivity contribution in [1.82, 2.24) is 9.55 Å². The molecular weight excluding hydrogens is 192 g/mol. The summed E-state index contributed by atoms with van der Waals surface area (Å²) < 4.78 is 3.01. The van der Waals surface area contributed by atoms with Crippen molar-refractivity contribution in [3.05, 3.63) is 29.0 Å². The fourth-order valence-corrected chi connectivity index (χ4v) is 2.08. The molecule has 0 aliphatic heterocycles. The van der Waals surface area contributed by atoms with Crippen molar-refractivity contribution >= 4 is 23.3 Å². The van der Waals surface area contributed by atoms with Gasteiger partial charge in [0.05, 0.1) is 11.0 Å². The van der Waals surface area contributed by atoms with Gasteiger partial charge in [-0.05, 0) is 37.7 Å². The number of hydrogen-bond acceptors (Lipinski definition) is 1. The Kier molecular flexibility index (Phi) is 2.42. The second-order valence-corrected chi connectivity index (χ2v) is 3.96. The predicted molar refractivity (Wildman–Crippen MR) is 62.1 cm³/mol.